The predicted molar refractivity (Wildman–Crippen MR) is 124 cm³/mol. The van der Waals surface area contributed by atoms with E-state index in [1.54, 1.807) is 0 Å². The molecule has 33 heavy (non-hydrogen) atoms. The van der Waals surface area contributed by atoms with Gasteiger partial charge in [-0.3, -0.25) is 4.72 Å². The smallest absolute Gasteiger partial charge is 0.407 e. The van der Waals surface area contributed by atoms with Crippen molar-refractivity contribution in [2.24, 2.45) is 0 Å². The van der Waals surface area contributed by atoms with Crippen LogP contribution in [-0.2, 0) is 21.4 Å². The van der Waals surface area contributed by atoms with E-state index in [-0.39, 0.29) is 22.4 Å². The summed E-state index contributed by atoms with van der Waals surface area (Å²) >= 11 is 6.96. The molecular weight excluding hydrogens is 493 g/mol. The van der Waals surface area contributed by atoms with Gasteiger partial charge in [0, 0.05) is 24.6 Å². The van der Waals surface area contributed by atoms with Crippen molar-refractivity contribution in [3.8, 4) is 0 Å². The summed E-state index contributed by atoms with van der Waals surface area (Å²) < 4.78 is 50.1. The summed E-state index contributed by atoms with van der Waals surface area (Å²) in [6.45, 7) is 1.04. The van der Waals surface area contributed by atoms with Crippen LogP contribution in [0.15, 0.2) is 53.7 Å². The van der Waals surface area contributed by atoms with Crippen molar-refractivity contribution >= 4 is 50.1 Å². The summed E-state index contributed by atoms with van der Waals surface area (Å²) in [6, 6.07) is 11.4. The van der Waals surface area contributed by atoms with Crippen LogP contribution in [0.5, 0.6) is 0 Å². The Labute approximate surface area is 199 Å². The summed E-state index contributed by atoms with van der Waals surface area (Å²) in [5, 5.41) is 5.69. The van der Waals surface area contributed by atoms with Gasteiger partial charge >= 0.3 is 6.09 Å². The Morgan fingerprint density at radius 1 is 1.15 bits per heavy atom. The first kappa shape index (κ1) is 24.7. The summed E-state index contributed by atoms with van der Waals surface area (Å²) in [5.74, 6) is -0.957. The van der Waals surface area contributed by atoms with Gasteiger partial charge in [0.2, 0.25) is 5.13 Å². The highest BCUT2D eigenvalue weighted by molar-refractivity contribution is 7.93. The topological polar surface area (TPSA) is 122 Å². The molecule has 0 bridgehead atoms. The van der Waals surface area contributed by atoms with Gasteiger partial charge in [-0.1, -0.05) is 41.9 Å². The maximum Gasteiger partial charge on any atom is 0.407 e. The van der Waals surface area contributed by atoms with E-state index in [1.807, 2.05) is 30.3 Å². The predicted octanol–water partition coefficient (Wildman–Crippen LogP) is 4.25. The van der Waals surface area contributed by atoms with Crippen molar-refractivity contribution in [1.29, 1.82) is 0 Å². The Hall–Kier alpha value is -2.96. The molecule has 0 unspecified atom stereocenters. The Morgan fingerprint density at radius 3 is 2.64 bits per heavy atom. The maximum absolute atomic E-state index is 14.5. The van der Waals surface area contributed by atoms with Crippen molar-refractivity contribution in [3.63, 3.8) is 0 Å². The third-order valence-corrected chi connectivity index (χ3v) is 6.67. The second-order valence-corrected chi connectivity index (χ2v) is 9.57. The molecule has 1 aromatic heterocycles. The second kappa shape index (κ2) is 11.8. The first-order chi connectivity index (χ1) is 15.8. The van der Waals surface area contributed by atoms with Gasteiger partial charge in [0.05, 0.1) is 10.7 Å². The molecule has 1 heterocycles. The fourth-order valence-electron chi connectivity index (χ4n) is 2.70. The van der Waals surface area contributed by atoms with E-state index in [4.69, 9.17) is 16.3 Å². The summed E-state index contributed by atoms with van der Waals surface area (Å²) in [6.07, 6.45) is 1.97. The summed E-state index contributed by atoms with van der Waals surface area (Å²) in [4.78, 5) is 14.8. The van der Waals surface area contributed by atoms with Gasteiger partial charge in [-0.2, -0.15) is 4.37 Å². The van der Waals surface area contributed by atoms with Crippen LogP contribution < -0.4 is 15.4 Å². The molecule has 0 saturated carbocycles. The SMILES string of the molecule is O=C(NCCCCNc1cc(F)c(S(=O)(=O)Nc2ncns2)cc1Cl)OCc1ccccc1. The number of alkyl carbamates (subject to hydrolysis) is 1. The third-order valence-electron chi connectivity index (χ3n) is 4.30. The highest BCUT2D eigenvalue weighted by Gasteiger charge is 2.22. The Balaban J connectivity index is 1.40. The van der Waals surface area contributed by atoms with E-state index < -0.39 is 26.8 Å². The minimum absolute atomic E-state index is 0.0188. The number of aromatic nitrogens is 2. The van der Waals surface area contributed by atoms with Crippen molar-refractivity contribution in [2.45, 2.75) is 24.3 Å². The van der Waals surface area contributed by atoms with Crippen molar-refractivity contribution < 1.29 is 22.3 Å². The van der Waals surface area contributed by atoms with E-state index in [1.165, 1.54) is 6.33 Å². The molecule has 0 aliphatic heterocycles. The van der Waals surface area contributed by atoms with Gasteiger partial charge in [-0.25, -0.2) is 22.6 Å². The van der Waals surface area contributed by atoms with Crippen molar-refractivity contribution in [1.82, 2.24) is 14.7 Å². The third kappa shape index (κ3) is 7.55. The molecule has 0 aliphatic rings. The van der Waals surface area contributed by atoms with Crippen LogP contribution in [0.1, 0.15) is 18.4 Å². The average Bonchev–Trinajstić information content (AvgIpc) is 3.29. The number of nitrogens with one attached hydrogen (secondary N) is 3. The number of hydrogen-bond donors (Lipinski definition) is 3. The fraction of sp³-hybridized carbons (Fsp3) is 0.250. The molecule has 176 valence electrons. The first-order valence-corrected chi connectivity index (χ1v) is 12.5. The van der Waals surface area contributed by atoms with Crippen LogP contribution >= 0.6 is 23.1 Å². The molecule has 1 amide bonds. The number of sulfonamides is 1. The van der Waals surface area contributed by atoms with Crippen LogP contribution in [0, 0.1) is 5.82 Å². The van der Waals surface area contributed by atoms with Gasteiger partial charge in [0.25, 0.3) is 10.0 Å². The molecule has 0 radical (unpaired) electrons. The van der Waals surface area contributed by atoms with Gasteiger partial charge < -0.3 is 15.4 Å². The lowest BCUT2D eigenvalue weighted by Crippen LogP contribution is -2.25. The van der Waals surface area contributed by atoms with Crippen molar-refractivity contribution in [3.05, 3.63) is 65.2 Å². The van der Waals surface area contributed by atoms with Crippen molar-refractivity contribution in [2.75, 3.05) is 23.1 Å². The standard InChI is InChI=1S/C20H21ClFN5O4S2/c21-15-10-18(33(29,30)27-19-25-13-26-32-19)16(22)11-17(15)23-8-4-5-9-24-20(28)31-12-14-6-2-1-3-7-14/h1-3,6-7,10-11,13,23H,4-5,8-9,12H2,(H,24,28)(H,25,26,27). The number of nitrogens with zero attached hydrogens (tertiary/aromatic N) is 2. The molecule has 3 N–H and O–H groups in total. The number of anilines is 2. The van der Waals surface area contributed by atoms with E-state index in [0.29, 0.717) is 25.9 Å². The highest BCUT2D eigenvalue weighted by Crippen LogP contribution is 2.29. The van der Waals surface area contributed by atoms with Gasteiger partial charge in [0.1, 0.15) is 23.6 Å². The first-order valence-electron chi connectivity index (χ1n) is 9.82. The zero-order valence-electron chi connectivity index (χ0n) is 17.3. The molecule has 3 rings (SSSR count). The van der Waals surface area contributed by atoms with Gasteiger partial charge in [-0.05, 0) is 30.5 Å². The normalized spacial score (nSPS) is 11.1. The number of rotatable bonds is 11. The molecule has 0 aliphatic carbocycles. The number of benzene rings is 2. The Morgan fingerprint density at radius 2 is 1.91 bits per heavy atom. The minimum Gasteiger partial charge on any atom is -0.445 e. The largest absolute Gasteiger partial charge is 0.445 e. The molecule has 2 aromatic carbocycles. The van der Waals surface area contributed by atoms with Gasteiger partial charge in [0.15, 0.2) is 0 Å². The highest BCUT2D eigenvalue weighted by atomic mass is 35.5. The second-order valence-electron chi connectivity index (χ2n) is 6.74. The number of amides is 1. The number of ether oxygens (including phenoxy) is 1. The Bertz CT molecular complexity index is 1160. The molecule has 13 heteroatoms. The molecule has 0 saturated heterocycles. The fourth-order valence-corrected chi connectivity index (χ4v) is 4.74. The molecular formula is C20H21ClFN5O4S2. The van der Waals surface area contributed by atoms with Crippen LogP contribution in [0.2, 0.25) is 5.02 Å². The van der Waals surface area contributed by atoms with Crippen LogP contribution in [0.25, 0.3) is 0 Å². The number of carbonyl (C=O) groups is 1. The van der Waals surface area contributed by atoms with E-state index in [9.17, 15) is 17.6 Å². The van der Waals surface area contributed by atoms with Crippen LogP contribution in [0.4, 0.5) is 20.0 Å². The minimum atomic E-state index is -4.20. The number of unbranched alkanes of at least 4 members (excludes halogenated alkanes) is 1. The maximum atomic E-state index is 14.5. The molecule has 3 aromatic rings. The molecule has 0 atom stereocenters. The summed E-state index contributed by atoms with van der Waals surface area (Å²) in [7, 11) is -4.20. The summed E-state index contributed by atoms with van der Waals surface area (Å²) in [5.41, 5.74) is 1.16. The van der Waals surface area contributed by atoms with E-state index in [2.05, 4.69) is 24.7 Å². The number of carbonyl (C=O) groups excluding carboxylic acids is 1. The monoisotopic (exact) mass is 513 g/mol. The zero-order valence-corrected chi connectivity index (χ0v) is 19.6. The lowest BCUT2D eigenvalue weighted by molar-refractivity contribution is 0.139. The van der Waals surface area contributed by atoms with E-state index in [0.717, 1.165) is 29.2 Å². The number of hydrogen-bond acceptors (Lipinski definition) is 8. The lowest BCUT2D eigenvalue weighted by Gasteiger charge is -2.12. The molecule has 0 fully saturated rings. The lowest BCUT2D eigenvalue weighted by atomic mass is 10.2. The Kier molecular flexibility index (Phi) is 8.80. The zero-order chi connectivity index (χ0) is 23.7. The average molecular weight is 514 g/mol. The molecule has 9 nitrogen and oxygen atoms in total. The molecule has 0 spiro atoms. The van der Waals surface area contributed by atoms with E-state index >= 15 is 0 Å². The number of halogens is 2. The van der Waals surface area contributed by atoms with Crippen LogP contribution in [0.3, 0.4) is 0 Å². The quantitative estimate of drug-likeness (QED) is 0.327. The van der Waals surface area contributed by atoms with Crippen LogP contribution in [-0.4, -0.2) is 37.0 Å². The van der Waals surface area contributed by atoms with Gasteiger partial charge in [-0.15, -0.1) is 0 Å².